The van der Waals surface area contributed by atoms with Crippen molar-refractivity contribution in [3.63, 3.8) is 0 Å². The number of aliphatic carboxylic acids is 1. The third kappa shape index (κ3) is 7.59. The molecular formula is C46H44N2O3S. The van der Waals surface area contributed by atoms with E-state index in [9.17, 15) is 14.7 Å². The Balaban J connectivity index is 1.55. The number of carbonyl (C=O) groups excluding carboxylic acids is 1. The van der Waals surface area contributed by atoms with Crippen molar-refractivity contribution in [2.75, 3.05) is 5.75 Å². The van der Waals surface area contributed by atoms with E-state index in [2.05, 4.69) is 83.4 Å². The molecule has 0 aliphatic carbocycles. The zero-order valence-corrected chi connectivity index (χ0v) is 30.2. The molecule has 3 N–H and O–H groups in total. The molecule has 0 radical (unpaired) electrons. The lowest BCUT2D eigenvalue weighted by atomic mass is 9.76. The fourth-order valence-corrected chi connectivity index (χ4v) is 8.56. The molecule has 0 saturated heterocycles. The van der Waals surface area contributed by atoms with Gasteiger partial charge < -0.3 is 10.4 Å². The molecule has 6 rings (SSSR count). The van der Waals surface area contributed by atoms with E-state index < -0.39 is 28.3 Å². The first-order valence-electron chi connectivity index (χ1n) is 17.6. The summed E-state index contributed by atoms with van der Waals surface area (Å²) in [6, 6.07) is 59.6. The molecule has 1 amide bonds. The maximum atomic E-state index is 14.8. The summed E-state index contributed by atoms with van der Waals surface area (Å²) in [6.45, 7) is 3.62. The van der Waals surface area contributed by atoms with Crippen molar-refractivity contribution in [2.24, 2.45) is 5.92 Å². The largest absolute Gasteiger partial charge is 0.480 e. The Hall–Kier alpha value is -5.43. The fourth-order valence-electron chi connectivity index (χ4n) is 7.00. The van der Waals surface area contributed by atoms with Crippen LogP contribution in [0.1, 0.15) is 47.2 Å². The molecule has 6 aromatic rings. The number of nitrogens with one attached hydrogen (secondary N) is 2. The van der Waals surface area contributed by atoms with Crippen LogP contribution in [0.4, 0.5) is 0 Å². The fraction of sp³-hybridized carbons (Fsp3) is 0.174. The second-order valence-corrected chi connectivity index (χ2v) is 14.4. The summed E-state index contributed by atoms with van der Waals surface area (Å²) >= 11 is 1.66. The van der Waals surface area contributed by atoms with Gasteiger partial charge in [0.1, 0.15) is 6.04 Å². The predicted molar refractivity (Wildman–Crippen MR) is 212 cm³/mol. The van der Waals surface area contributed by atoms with Gasteiger partial charge in [0.05, 0.1) is 16.3 Å². The van der Waals surface area contributed by atoms with Crippen molar-refractivity contribution in [1.82, 2.24) is 10.6 Å². The standard InChI is InChI=1S/C46H44N2O3S/c1-34(2)42(44(50)51)47-43(49)41(48-45(35-21-9-3-10-22-35,36-23-11-4-12-24-36)37-25-13-5-14-26-37)33-52-46(38-27-15-6-16-28-38,39-29-17-7-18-30-39)40-31-19-8-20-32-40/h3-32,34,41-42,48H,33H2,1-2H3,(H,47,49)(H,50,51)/t41-,42-/m0/s1. The van der Waals surface area contributed by atoms with Gasteiger partial charge >= 0.3 is 5.97 Å². The van der Waals surface area contributed by atoms with Crippen LogP contribution in [0.15, 0.2) is 182 Å². The van der Waals surface area contributed by atoms with Crippen LogP contribution < -0.4 is 10.6 Å². The molecule has 0 heterocycles. The predicted octanol–water partition coefficient (Wildman–Crippen LogP) is 8.89. The number of carboxylic acid groups (broad SMARTS) is 1. The molecule has 5 nitrogen and oxygen atoms in total. The number of carboxylic acids is 1. The van der Waals surface area contributed by atoms with Crippen LogP contribution in [0.5, 0.6) is 0 Å². The first-order valence-corrected chi connectivity index (χ1v) is 18.6. The van der Waals surface area contributed by atoms with Crippen molar-refractivity contribution < 1.29 is 14.7 Å². The number of carbonyl (C=O) groups is 2. The minimum atomic E-state index is -1.07. The van der Waals surface area contributed by atoms with Gasteiger partial charge in [-0.05, 0) is 39.3 Å². The lowest BCUT2D eigenvalue weighted by Crippen LogP contribution is -2.59. The minimum Gasteiger partial charge on any atom is -0.480 e. The molecule has 6 aromatic carbocycles. The topological polar surface area (TPSA) is 78.4 Å². The Bertz CT molecular complexity index is 1820. The van der Waals surface area contributed by atoms with E-state index in [1.54, 1.807) is 11.8 Å². The Morgan fingerprint density at radius 1 is 0.538 bits per heavy atom. The van der Waals surface area contributed by atoms with Gasteiger partial charge in [0.25, 0.3) is 0 Å². The van der Waals surface area contributed by atoms with E-state index in [0.717, 1.165) is 33.4 Å². The average molecular weight is 705 g/mol. The van der Waals surface area contributed by atoms with Crippen LogP contribution in [0.25, 0.3) is 0 Å². The van der Waals surface area contributed by atoms with Crippen LogP contribution in [-0.2, 0) is 19.9 Å². The molecule has 262 valence electrons. The van der Waals surface area contributed by atoms with Crippen molar-refractivity contribution >= 4 is 23.6 Å². The highest BCUT2D eigenvalue weighted by Gasteiger charge is 2.43. The van der Waals surface area contributed by atoms with E-state index in [1.165, 1.54) is 0 Å². The Kier molecular flexibility index (Phi) is 11.7. The van der Waals surface area contributed by atoms with Gasteiger partial charge in [0, 0.05) is 5.75 Å². The maximum Gasteiger partial charge on any atom is 0.326 e. The molecule has 0 bridgehead atoms. The summed E-state index contributed by atoms with van der Waals surface area (Å²) in [7, 11) is 0. The van der Waals surface area contributed by atoms with E-state index >= 15 is 0 Å². The van der Waals surface area contributed by atoms with E-state index in [0.29, 0.717) is 5.75 Å². The van der Waals surface area contributed by atoms with Gasteiger partial charge in [0.2, 0.25) is 5.91 Å². The Labute approximate surface area is 311 Å². The normalized spacial score (nSPS) is 12.9. The van der Waals surface area contributed by atoms with Crippen LogP contribution in [0.3, 0.4) is 0 Å². The highest BCUT2D eigenvalue weighted by molar-refractivity contribution is 8.00. The number of hydrogen-bond acceptors (Lipinski definition) is 4. The summed E-state index contributed by atoms with van der Waals surface area (Å²) in [4.78, 5) is 27.3. The molecule has 0 aliphatic rings. The summed E-state index contributed by atoms with van der Waals surface area (Å²) in [5, 5.41) is 17.0. The molecule has 0 aliphatic heterocycles. The van der Waals surface area contributed by atoms with Crippen LogP contribution >= 0.6 is 11.8 Å². The summed E-state index contributed by atoms with van der Waals surface area (Å²) in [5.41, 5.74) is 5.10. The number of amides is 1. The SMILES string of the molecule is CC(C)[C@H](NC(=O)[C@H](CSC(c1ccccc1)(c1ccccc1)c1ccccc1)NC(c1ccccc1)(c1ccccc1)c1ccccc1)C(=O)O. The first kappa shape index (κ1) is 36.4. The zero-order chi connectivity index (χ0) is 36.4. The molecule has 6 heteroatoms. The number of rotatable bonds is 15. The van der Waals surface area contributed by atoms with Gasteiger partial charge in [-0.15, -0.1) is 11.8 Å². The van der Waals surface area contributed by atoms with Crippen molar-refractivity contribution in [1.29, 1.82) is 0 Å². The number of hydrogen-bond donors (Lipinski definition) is 3. The number of benzene rings is 6. The first-order chi connectivity index (χ1) is 25.4. The van der Waals surface area contributed by atoms with Gasteiger partial charge in [-0.1, -0.05) is 196 Å². The molecule has 2 atom stereocenters. The monoisotopic (exact) mass is 704 g/mol. The number of thioether (sulfide) groups is 1. The average Bonchev–Trinajstić information content (AvgIpc) is 3.20. The molecule has 0 unspecified atom stereocenters. The van der Waals surface area contributed by atoms with Crippen molar-refractivity contribution in [3.8, 4) is 0 Å². The Morgan fingerprint density at radius 2 is 0.846 bits per heavy atom. The van der Waals surface area contributed by atoms with Crippen LogP contribution in [-0.4, -0.2) is 34.8 Å². The van der Waals surface area contributed by atoms with Gasteiger partial charge in [-0.25, -0.2) is 4.79 Å². The molecule has 0 saturated carbocycles. The van der Waals surface area contributed by atoms with Gasteiger partial charge in [-0.3, -0.25) is 10.1 Å². The van der Waals surface area contributed by atoms with Crippen LogP contribution in [0.2, 0.25) is 0 Å². The highest BCUT2D eigenvalue weighted by Crippen LogP contribution is 2.49. The third-order valence-electron chi connectivity index (χ3n) is 9.57. The molecule has 0 spiro atoms. The van der Waals surface area contributed by atoms with Crippen molar-refractivity contribution in [2.45, 2.75) is 36.2 Å². The van der Waals surface area contributed by atoms with Crippen molar-refractivity contribution in [3.05, 3.63) is 215 Å². The maximum absolute atomic E-state index is 14.8. The van der Waals surface area contributed by atoms with E-state index in [-0.39, 0.29) is 11.8 Å². The smallest absolute Gasteiger partial charge is 0.326 e. The highest BCUT2D eigenvalue weighted by atomic mass is 32.2. The van der Waals surface area contributed by atoms with Gasteiger partial charge in [0.15, 0.2) is 0 Å². The van der Waals surface area contributed by atoms with E-state index in [4.69, 9.17) is 0 Å². The summed E-state index contributed by atoms with van der Waals surface area (Å²) < 4.78 is -0.705. The minimum absolute atomic E-state index is 0.295. The molecule has 0 aromatic heterocycles. The zero-order valence-electron chi connectivity index (χ0n) is 29.4. The van der Waals surface area contributed by atoms with E-state index in [1.807, 2.05) is 123 Å². The third-order valence-corrected chi connectivity index (χ3v) is 11.2. The summed E-state index contributed by atoms with van der Waals surface area (Å²) in [6.07, 6.45) is 0. The lowest BCUT2D eigenvalue weighted by Gasteiger charge is -2.41. The lowest BCUT2D eigenvalue weighted by molar-refractivity contribution is -0.143. The van der Waals surface area contributed by atoms with Gasteiger partial charge in [-0.2, -0.15) is 0 Å². The second-order valence-electron chi connectivity index (χ2n) is 13.2. The second kappa shape index (κ2) is 16.7. The molecular weight excluding hydrogens is 661 g/mol. The quantitative estimate of drug-likeness (QED) is 0.0932. The Morgan fingerprint density at radius 3 is 1.13 bits per heavy atom. The van der Waals surface area contributed by atoms with Crippen LogP contribution in [0, 0.1) is 5.92 Å². The summed E-state index contributed by atoms with van der Waals surface area (Å²) in [5.74, 6) is -1.48. The molecule has 0 fully saturated rings. The molecule has 52 heavy (non-hydrogen) atoms.